The third-order valence-electron chi connectivity index (χ3n) is 3.78. The lowest BCUT2D eigenvalue weighted by atomic mass is 10.1. The molecule has 1 aliphatic rings. The Kier molecular flexibility index (Phi) is 4.84. The maximum atomic E-state index is 8.71. The van der Waals surface area contributed by atoms with Crippen molar-refractivity contribution >= 4 is 5.84 Å². The zero-order valence-corrected chi connectivity index (χ0v) is 12.1. The van der Waals surface area contributed by atoms with E-state index >= 15 is 0 Å². The molecular formula is C15H23N3O2. The molecule has 5 heteroatoms. The lowest BCUT2D eigenvalue weighted by Crippen LogP contribution is -2.40. The minimum Gasteiger partial charge on any atom is -0.488 e. The van der Waals surface area contributed by atoms with Gasteiger partial charge in [-0.3, -0.25) is 4.90 Å². The molecule has 0 saturated carbocycles. The molecule has 20 heavy (non-hydrogen) atoms. The maximum absolute atomic E-state index is 8.71. The van der Waals surface area contributed by atoms with Crippen molar-refractivity contribution in [3.63, 3.8) is 0 Å². The molecule has 3 N–H and O–H groups in total. The minimum atomic E-state index is 0.0312. The van der Waals surface area contributed by atoms with E-state index in [2.05, 4.69) is 23.0 Å². The molecular weight excluding hydrogens is 254 g/mol. The first-order valence-electron chi connectivity index (χ1n) is 7.08. The standard InChI is InChI=1S/C15H23N3O2/c1-3-18(9-11(2)15(16)17-19)10-13-8-12-6-4-5-7-14(12)20-13/h4-7,11,13,19H,3,8-10H2,1-2H3,(H2,16,17). The van der Waals surface area contributed by atoms with Crippen molar-refractivity contribution in [2.45, 2.75) is 26.4 Å². The van der Waals surface area contributed by atoms with Gasteiger partial charge in [-0.05, 0) is 18.2 Å². The fourth-order valence-corrected chi connectivity index (χ4v) is 2.56. The Bertz CT molecular complexity index is 451. The molecule has 110 valence electrons. The number of ether oxygens (including phenoxy) is 1. The summed E-state index contributed by atoms with van der Waals surface area (Å²) >= 11 is 0. The van der Waals surface area contributed by atoms with Crippen LogP contribution in [-0.2, 0) is 6.42 Å². The molecule has 0 amide bonds. The van der Waals surface area contributed by atoms with Gasteiger partial charge in [-0.2, -0.15) is 0 Å². The van der Waals surface area contributed by atoms with Crippen LogP contribution in [0.2, 0.25) is 0 Å². The van der Waals surface area contributed by atoms with Crippen molar-refractivity contribution in [3.05, 3.63) is 29.8 Å². The highest BCUT2D eigenvalue weighted by Crippen LogP contribution is 2.28. The summed E-state index contributed by atoms with van der Waals surface area (Å²) in [5, 5.41) is 11.8. The second-order valence-corrected chi connectivity index (χ2v) is 5.33. The average Bonchev–Trinajstić information content (AvgIpc) is 2.87. The summed E-state index contributed by atoms with van der Waals surface area (Å²) in [5.41, 5.74) is 6.91. The predicted molar refractivity (Wildman–Crippen MR) is 79.2 cm³/mol. The second-order valence-electron chi connectivity index (χ2n) is 5.33. The molecule has 2 rings (SSSR count). The predicted octanol–water partition coefficient (Wildman–Crippen LogP) is 1.69. The van der Waals surface area contributed by atoms with Gasteiger partial charge in [0, 0.05) is 25.4 Å². The monoisotopic (exact) mass is 277 g/mol. The Morgan fingerprint density at radius 2 is 2.30 bits per heavy atom. The van der Waals surface area contributed by atoms with Crippen LogP contribution in [0.4, 0.5) is 0 Å². The minimum absolute atomic E-state index is 0.0312. The Balaban J connectivity index is 1.89. The second kappa shape index (κ2) is 6.61. The highest BCUT2D eigenvalue weighted by molar-refractivity contribution is 5.82. The number of oxime groups is 1. The zero-order valence-electron chi connectivity index (χ0n) is 12.1. The molecule has 0 fully saturated rings. The van der Waals surface area contributed by atoms with E-state index < -0.39 is 0 Å². The van der Waals surface area contributed by atoms with Gasteiger partial charge in [0.15, 0.2) is 0 Å². The third kappa shape index (κ3) is 3.42. The summed E-state index contributed by atoms with van der Waals surface area (Å²) in [7, 11) is 0. The van der Waals surface area contributed by atoms with Crippen LogP contribution in [0.5, 0.6) is 5.75 Å². The first-order valence-corrected chi connectivity index (χ1v) is 7.08. The topological polar surface area (TPSA) is 71.1 Å². The molecule has 2 atom stereocenters. The third-order valence-corrected chi connectivity index (χ3v) is 3.78. The Labute approximate surface area is 120 Å². The SMILES string of the molecule is CCN(CC1Cc2ccccc2O1)CC(C)C(N)=NO. The zero-order chi connectivity index (χ0) is 14.5. The molecule has 0 aromatic heterocycles. The first kappa shape index (κ1) is 14.7. The molecule has 1 aromatic rings. The van der Waals surface area contributed by atoms with E-state index in [1.54, 1.807) is 0 Å². The fourth-order valence-electron chi connectivity index (χ4n) is 2.56. The van der Waals surface area contributed by atoms with Gasteiger partial charge in [-0.25, -0.2) is 0 Å². The van der Waals surface area contributed by atoms with Crippen molar-refractivity contribution in [1.29, 1.82) is 0 Å². The summed E-state index contributed by atoms with van der Waals surface area (Å²) in [6.07, 6.45) is 1.14. The molecule has 0 aliphatic carbocycles. The molecule has 1 heterocycles. The smallest absolute Gasteiger partial charge is 0.143 e. The first-order chi connectivity index (χ1) is 9.63. The van der Waals surface area contributed by atoms with Crippen molar-refractivity contribution in [2.24, 2.45) is 16.8 Å². The number of benzene rings is 1. The number of nitrogens with two attached hydrogens (primary N) is 1. The van der Waals surface area contributed by atoms with Crippen molar-refractivity contribution in [3.8, 4) is 5.75 Å². The molecule has 0 radical (unpaired) electrons. The van der Waals surface area contributed by atoms with E-state index in [4.69, 9.17) is 15.7 Å². The van der Waals surface area contributed by atoms with Crippen LogP contribution in [0.25, 0.3) is 0 Å². The number of nitrogens with zero attached hydrogens (tertiary/aromatic N) is 2. The van der Waals surface area contributed by atoms with Crippen LogP contribution in [0, 0.1) is 5.92 Å². The quantitative estimate of drug-likeness (QED) is 0.359. The van der Waals surface area contributed by atoms with E-state index in [-0.39, 0.29) is 17.9 Å². The van der Waals surface area contributed by atoms with E-state index in [9.17, 15) is 0 Å². The Morgan fingerprint density at radius 1 is 1.55 bits per heavy atom. The van der Waals surface area contributed by atoms with Gasteiger partial charge in [0.1, 0.15) is 17.7 Å². The van der Waals surface area contributed by atoms with Gasteiger partial charge in [0.2, 0.25) is 0 Å². The van der Waals surface area contributed by atoms with Gasteiger partial charge in [0.25, 0.3) is 0 Å². The number of para-hydroxylation sites is 1. The van der Waals surface area contributed by atoms with Crippen LogP contribution < -0.4 is 10.5 Å². The summed E-state index contributed by atoms with van der Waals surface area (Å²) in [5.74, 6) is 1.31. The normalized spacial score (nSPS) is 19.8. The maximum Gasteiger partial charge on any atom is 0.143 e. The molecule has 2 unspecified atom stereocenters. The van der Waals surface area contributed by atoms with Crippen molar-refractivity contribution in [1.82, 2.24) is 4.90 Å². The number of likely N-dealkylation sites (N-methyl/N-ethyl adjacent to an activating group) is 1. The summed E-state index contributed by atoms with van der Waals surface area (Å²) in [6.45, 7) is 6.61. The van der Waals surface area contributed by atoms with E-state index in [0.29, 0.717) is 0 Å². The Hall–Kier alpha value is -1.75. The van der Waals surface area contributed by atoms with Crippen molar-refractivity contribution in [2.75, 3.05) is 19.6 Å². The van der Waals surface area contributed by atoms with E-state index in [1.165, 1.54) is 5.56 Å². The molecule has 0 saturated heterocycles. The molecule has 0 bridgehead atoms. The van der Waals surface area contributed by atoms with E-state index in [1.807, 2.05) is 25.1 Å². The molecule has 1 aliphatic heterocycles. The van der Waals surface area contributed by atoms with Crippen LogP contribution in [0.1, 0.15) is 19.4 Å². The number of amidine groups is 1. The van der Waals surface area contributed by atoms with Crippen LogP contribution in [-0.4, -0.2) is 41.7 Å². The van der Waals surface area contributed by atoms with E-state index in [0.717, 1.165) is 31.8 Å². The molecule has 0 spiro atoms. The molecule has 1 aromatic carbocycles. The number of hydrogen-bond acceptors (Lipinski definition) is 4. The molecule has 5 nitrogen and oxygen atoms in total. The van der Waals surface area contributed by atoms with Crippen LogP contribution in [0.3, 0.4) is 0 Å². The number of rotatable bonds is 6. The fraction of sp³-hybridized carbons (Fsp3) is 0.533. The highest BCUT2D eigenvalue weighted by atomic mass is 16.5. The van der Waals surface area contributed by atoms with Gasteiger partial charge in [-0.1, -0.05) is 37.2 Å². The Morgan fingerprint density at radius 3 is 2.95 bits per heavy atom. The average molecular weight is 277 g/mol. The van der Waals surface area contributed by atoms with Crippen LogP contribution in [0.15, 0.2) is 29.4 Å². The van der Waals surface area contributed by atoms with Gasteiger partial charge in [0.05, 0.1) is 0 Å². The van der Waals surface area contributed by atoms with Gasteiger partial charge in [-0.15, -0.1) is 0 Å². The number of hydrogen-bond donors (Lipinski definition) is 2. The summed E-state index contributed by atoms with van der Waals surface area (Å²) in [4.78, 5) is 2.28. The lowest BCUT2D eigenvalue weighted by Gasteiger charge is -2.26. The largest absolute Gasteiger partial charge is 0.488 e. The van der Waals surface area contributed by atoms with Crippen molar-refractivity contribution < 1.29 is 9.94 Å². The summed E-state index contributed by atoms with van der Waals surface area (Å²) < 4.78 is 5.96. The van der Waals surface area contributed by atoms with Gasteiger partial charge >= 0.3 is 0 Å². The lowest BCUT2D eigenvalue weighted by molar-refractivity contribution is 0.149. The highest BCUT2D eigenvalue weighted by Gasteiger charge is 2.25. The summed E-state index contributed by atoms with van der Waals surface area (Å²) in [6, 6.07) is 8.18. The number of fused-ring (bicyclic) bond motifs is 1. The van der Waals surface area contributed by atoms with Crippen LogP contribution >= 0.6 is 0 Å². The van der Waals surface area contributed by atoms with Gasteiger partial charge < -0.3 is 15.7 Å².